The van der Waals surface area contributed by atoms with Gasteiger partial charge in [-0.1, -0.05) is 0 Å². The van der Waals surface area contributed by atoms with Gasteiger partial charge in [0.15, 0.2) is 0 Å². The van der Waals surface area contributed by atoms with Gasteiger partial charge in [-0.15, -0.1) is 0 Å². The predicted octanol–water partition coefficient (Wildman–Crippen LogP) is 1.59. The van der Waals surface area contributed by atoms with Crippen molar-refractivity contribution in [1.82, 2.24) is 10.2 Å². The quantitative estimate of drug-likeness (QED) is 0.722. The SMILES string of the molecule is O=S=Nc1ccc2cn[nH]c2c1. The molecule has 0 saturated heterocycles. The molecule has 0 aliphatic carbocycles. The second kappa shape index (κ2) is 2.86. The van der Waals surface area contributed by atoms with Crippen molar-refractivity contribution in [2.75, 3.05) is 0 Å². The minimum absolute atomic E-state index is 0.207. The topological polar surface area (TPSA) is 58.1 Å². The average molecular weight is 179 g/mol. The minimum atomic E-state index is 0.207. The van der Waals surface area contributed by atoms with Crippen LogP contribution in [0, 0.1) is 0 Å². The maximum Gasteiger partial charge on any atom is 0.205 e. The highest BCUT2D eigenvalue weighted by Crippen LogP contribution is 2.18. The van der Waals surface area contributed by atoms with Crippen LogP contribution in [0.4, 0.5) is 5.69 Å². The van der Waals surface area contributed by atoms with E-state index < -0.39 is 0 Å². The van der Waals surface area contributed by atoms with Gasteiger partial charge in [-0.05, 0) is 18.2 Å². The van der Waals surface area contributed by atoms with Crippen molar-refractivity contribution in [2.24, 2.45) is 4.36 Å². The lowest BCUT2D eigenvalue weighted by molar-refractivity contribution is 0.698. The fraction of sp³-hybridized carbons (Fsp3) is 0. The maximum absolute atomic E-state index is 10.1. The molecule has 0 spiro atoms. The highest BCUT2D eigenvalue weighted by Gasteiger charge is 1.95. The van der Waals surface area contributed by atoms with Gasteiger partial charge in [0.2, 0.25) is 11.5 Å². The Morgan fingerprint density at radius 1 is 1.50 bits per heavy atom. The Hall–Kier alpha value is -1.49. The molecule has 0 fully saturated rings. The van der Waals surface area contributed by atoms with Crippen LogP contribution in [0.3, 0.4) is 0 Å². The maximum atomic E-state index is 10.1. The highest BCUT2D eigenvalue weighted by atomic mass is 32.1. The van der Waals surface area contributed by atoms with Gasteiger partial charge >= 0.3 is 0 Å². The number of benzene rings is 1. The molecule has 0 aliphatic heterocycles. The lowest BCUT2D eigenvalue weighted by Crippen LogP contribution is -1.67. The fourth-order valence-corrected chi connectivity index (χ4v) is 1.22. The van der Waals surface area contributed by atoms with E-state index in [0.29, 0.717) is 5.69 Å². The van der Waals surface area contributed by atoms with Crippen LogP contribution < -0.4 is 0 Å². The molecule has 0 aliphatic rings. The molecule has 2 rings (SSSR count). The molecule has 4 nitrogen and oxygen atoms in total. The fourth-order valence-electron chi connectivity index (χ4n) is 1.02. The summed E-state index contributed by atoms with van der Waals surface area (Å²) in [5.41, 5.74) is 1.55. The van der Waals surface area contributed by atoms with Crippen LogP contribution in [0.5, 0.6) is 0 Å². The summed E-state index contributed by atoms with van der Waals surface area (Å²) in [5, 5.41) is 7.67. The van der Waals surface area contributed by atoms with Gasteiger partial charge in [0.05, 0.1) is 17.4 Å². The standard InChI is InChI=1S/C7H5N3OS/c11-12-10-6-2-1-5-4-8-9-7(5)3-6/h1-4H,(H,8,9). The predicted molar refractivity (Wildman–Crippen MR) is 46.3 cm³/mol. The summed E-state index contributed by atoms with van der Waals surface area (Å²) in [7, 11) is 0. The van der Waals surface area contributed by atoms with Crippen LogP contribution in [0.15, 0.2) is 28.8 Å². The molecule has 0 saturated carbocycles. The van der Waals surface area contributed by atoms with Gasteiger partial charge < -0.3 is 0 Å². The molecular formula is C7H5N3OS. The molecule has 1 aromatic heterocycles. The summed E-state index contributed by atoms with van der Waals surface area (Å²) in [4.78, 5) is 0. The zero-order valence-corrected chi connectivity index (χ0v) is 6.84. The van der Waals surface area contributed by atoms with E-state index in [9.17, 15) is 4.21 Å². The Bertz CT molecular complexity index is 458. The van der Waals surface area contributed by atoms with Crippen LogP contribution in [0.1, 0.15) is 0 Å². The molecule has 2 aromatic rings. The van der Waals surface area contributed by atoms with E-state index in [1.165, 1.54) is 0 Å². The zero-order valence-electron chi connectivity index (χ0n) is 6.02. The van der Waals surface area contributed by atoms with E-state index >= 15 is 0 Å². The number of aromatic nitrogens is 2. The summed E-state index contributed by atoms with van der Waals surface area (Å²) < 4.78 is 13.7. The summed E-state index contributed by atoms with van der Waals surface area (Å²) >= 11 is 0.207. The van der Waals surface area contributed by atoms with Gasteiger partial charge in [-0.3, -0.25) is 5.10 Å². The molecule has 0 atom stereocenters. The Balaban J connectivity index is 2.67. The van der Waals surface area contributed by atoms with E-state index in [1.807, 2.05) is 6.07 Å². The third-order valence-electron chi connectivity index (χ3n) is 1.57. The summed E-state index contributed by atoms with van der Waals surface area (Å²) in [6.45, 7) is 0. The molecule has 0 bridgehead atoms. The summed E-state index contributed by atoms with van der Waals surface area (Å²) in [6, 6.07) is 5.43. The normalized spacial score (nSPS) is 10.0. The van der Waals surface area contributed by atoms with Crippen molar-refractivity contribution in [3.8, 4) is 0 Å². The van der Waals surface area contributed by atoms with Crippen molar-refractivity contribution in [3.05, 3.63) is 24.4 Å². The molecule has 1 aromatic carbocycles. The van der Waals surface area contributed by atoms with E-state index in [0.717, 1.165) is 10.9 Å². The van der Waals surface area contributed by atoms with E-state index in [4.69, 9.17) is 0 Å². The van der Waals surface area contributed by atoms with Crippen LogP contribution in [-0.2, 0) is 11.5 Å². The second-order valence-corrected chi connectivity index (χ2v) is 2.64. The monoisotopic (exact) mass is 179 g/mol. The van der Waals surface area contributed by atoms with Gasteiger partial charge in [0.1, 0.15) is 0 Å². The average Bonchev–Trinajstić information content (AvgIpc) is 2.51. The van der Waals surface area contributed by atoms with Crippen molar-refractivity contribution >= 4 is 28.1 Å². The molecule has 5 heteroatoms. The van der Waals surface area contributed by atoms with Crippen molar-refractivity contribution < 1.29 is 4.21 Å². The molecule has 60 valence electrons. The molecule has 0 radical (unpaired) electrons. The van der Waals surface area contributed by atoms with E-state index in [-0.39, 0.29) is 11.5 Å². The summed E-state index contributed by atoms with van der Waals surface area (Å²) in [6.07, 6.45) is 1.73. The molecule has 1 heterocycles. The minimum Gasteiger partial charge on any atom is -0.278 e. The first-order valence-corrected chi connectivity index (χ1v) is 4.03. The number of nitrogens with zero attached hydrogens (tertiary/aromatic N) is 2. The lowest BCUT2D eigenvalue weighted by atomic mass is 10.2. The van der Waals surface area contributed by atoms with Crippen LogP contribution in [0.25, 0.3) is 10.9 Å². The van der Waals surface area contributed by atoms with Crippen molar-refractivity contribution in [3.63, 3.8) is 0 Å². The van der Waals surface area contributed by atoms with Crippen LogP contribution in [-0.4, -0.2) is 14.4 Å². The first-order chi connectivity index (χ1) is 5.90. The van der Waals surface area contributed by atoms with Gasteiger partial charge in [0.25, 0.3) is 0 Å². The number of aromatic amines is 1. The first kappa shape index (κ1) is 7.17. The Morgan fingerprint density at radius 2 is 2.42 bits per heavy atom. The van der Waals surface area contributed by atoms with E-state index in [1.54, 1.807) is 18.3 Å². The number of H-pyrrole nitrogens is 1. The first-order valence-electron chi connectivity index (χ1n) is 3.33. The number of nitrogens with one attached hydrogen (secondary N) is 1. The molecular weight excluding hydrogens is 174 g/mol. The van der Waals surface area contributed by atoms with Crippen molar-refractivity contribution in [2.45, 2.75) is 0 Å². The summed E-state index contributed by atoms with van der Waals surface area (Å²) in [5.74, 6) is 0. The molecule has 12 heavy (non-hydrogen) atoms. The molecule has 0 unspecified atom stereocenters. The third-order valence-corrected chi connectivity index (χ3v) is 1.85. The van der Waals surface area contributed by atoms with E-state index in [2.05, 4.69) is 14.6 Å². The van der Waals surface area contributed by atoms with Gasteiger partial charge in [0, 0.05) is 5.39 Å². The zero-order chi connectivity index (χ0) is 8.39. The van der Waals surface area contributed by atoms with Crippen LogP contribution >= 0.6 is 0 Å². The van der Waals surface area contributed by atoms with Gasteiger partial charge in [-0.25, -0.2) is 0 Å². The van der Waals surface area contributed by atoms with Crippen LogP contribution in [0.2, 0.25) is 0 Å². The second-order valence-electron chi connectivity index (χ2n) is 2.31. The molecule has 0 amide bonds. The number of hydrogen-bond donors (Lipinski definition) is 1. The number of rotatable bonds is 1. The number of fused-ring (bicyclic) bond motifs is 1. The highest BCUT2D eigenvalue weighted by molar-refractivity contribution is 7.54. The largest absolute Gasteiger partial charge is 0.278 e. The smallest absolute Gasteiger partial charge is 0.205 e. The number of hydrogen-bond acceptors (Lipinski definition) is 3. The third kappa shape index (κ3) is 1.14. The van der Waals surface area contributed by atoms with Crippen molar-refractivity contribution in [1.29, 1.82) is 0 Å². The Labute approximate surface area is 71.9 Å². The molecule has 1 N–H and O–H groups in total. The van der Waals surface area contributed by atoms with Gasteiger partial charge in [-0.2, -0.15) is 13.7 Å². The Kier molecular flexibility index (Phi) is 1.71. The lowest BCUT2D eigenvalue weighted by Gasteiger charge is -1.88. The Morgan fingerprint density at radius 3 is 3.25 bits per heavy atom.